The first-order valence-corrected chi connectivity index (χ1v) is 10.5. The standard InChI is InChI=1S/C17H36N4S/c1-4-16-10-6-8-13-21(16)14-12-20-17(18-5-2)19-11-7-9-15-22-3/h16H,4-15H2,1-3H3,(H2,18,19,20). The molecule has 5 heteroatoms. The van der Waals surface area contributed by atoms with Crippen LogP contribution < -0.4 is 10.6 Å². The van der Waals surface area contributed by atoms with Crippen molar-refractivity contribution in [1.82, 2.24) is 15.5 Å². The fourth-order valence-corrected chi connectivity index (χ4v) is 3.52. The molecule has 130 valence electrons. The predicted octanol–water partition coefficient (Wildman–Crippen LogP) is 2.95. The van der Waals surface area contributed by atoms with Crippen LogP contribution in [0.3, 0.4) is 0 Å². The number of unbranched alkanes of at least 4 members (excludes halogenated alkanes) is 1. The summed E-state index contributed by atoms with van der Waals surface area (Å²) in [5.41, 5.74) is 0. The number of aliphatic imine (C=N–C) groups is 1. The van der Waals surface area contributed by atoms with Crippen molar-refractivity contribution in [2.45, 2.75) is 58.4 Å². The number of rotatable bonds is 10. The van der Waals surface area contributed by atoms with Crippen molar-refractivity contribution in [2.24, 2.45) is 4.99 Å². The Morgan fingerprint density at radius 2 is 2.09 bits per heavy atom. The van der Waals surface area contributed by atoms with Gasteiger partial charge in [-0.15, -0.1) is 0 Å². The third kappa shape index (κ3) is 8.28. The van der Waals surface area contributed by atoms with Gasteiger partial charge in [-0.2, -0.15) is 11.8 Å². The number of nitrogens with one attached hydrogen (secondary N) is 2. The summed E-state index contributed by atoms with van der Waals surface area (Å²) in [6, 6.07) is 0.793. The fraction of sp³-hybridized carbons (Fsp3) is 0.941. The van der Waals surface area contributed by atoms with Crippen molar-refractivity contribution < 1.29 is 0 Å². The molecule has 0 aromatic heterocycles. The first-order valence-electron chi connectivity index (χ1n) is 9.07. The highest BCUT2D eigenvalue weighted by Crippen LogP contribution is 2.18. The van der Waals surface area contributed by atoms with Gasteiger partial charge in [-0.1, -0.05) is 13.3 Å². The van der Waals surface area contributed by atoms with E-state index in [-0.39, 0.29) is 0 Å². The van der Waals surface area contributed by atoms with Crippen LogP contribution in [0.4, 0.5) is 0 Å². The summed E-state index contributed by atoms with van der Waals surface area (Å²) >= 11 is 1.92. The fourth-order valence-electron chi connectivity index (χ4n) is 3.03. The van der Waals surface area contributed by atoms with Crippen molar-refractivity contribution in [1.29, 1.82) is 0 Å². The minimum atomic E-state index is 0.793. The monoisotopic (exact) mass is 328 g/mol. The molecular weight excluding hydrogens is 292 g/mol. The molecule has 1 unspecified atom stereocenters. The first kappa shape index (κ1) is 19.6. The summed E-state index contributed by atoms with van der Waals surface area (Å²) in [5, 5.41) is 6.85. The summed E-state index contributed by atoms with van der Waals surface area (Å²) in [6.07, 6.45) is 10.0. The predicted molar refractivity (Wildman–Crippen MR) is 101 cm³/mol. The lowest BCUT2D eigenvalue weighted by Gasteiger charge is -2.35. The van der Waals surface area contributed by atoms with Gasteiger partial charge in [0.1, 0.15) is 0 Å². The minimum Gasteiger partial charge on any atom is -0.357 e. The summed E-state index contributed by atoms with van der Waals surface area (Å²) in [6.45, 7) is 9.69. The number of hydrogen-bond donors (Lipinski definition) is 2. The highest BCUT2D eigenvalue weighted by molar-refractivity contribution is 7.98. The lowest BCUT2D eigenvalue weighted by molar-refractivity contribution is 0.147. The third-order valence-electron chi connectivity index (χ3n) is 4.28. The molecule has 1 saturated heterocycles. The molecule has 0 aromatic rings. The Labute approximate surface area is 141 Å². The van der Waals surface area contributed by atoms with E-state index < -0.39 is 0 Å². The maximum atomic E-state index is 4.67. The molecule has 0 radical (unpaired) electrons. The number of likely N-dealkylation sites (tertiary alicyclic amines) is 1. The van der Waals surface area contributed by atoms with Crippen molar-refractivity contribution in [2.75, 3.05) is 44.7 Å². The minimum absolute atomic E-state index is 0.793. The van der Waals surface area contributed by atoms with E-state index in [9.17, 15) is 0 Å². The lowest BCUT2D eigenvalue weighted by atomic mass is 10.0. The topological polar surface area (TPSA) is 39.7 Å². The molecule has 1 rings (SSSR count). The van der Waals surface area contributed by atoms with Crippen LogP contribution in [0.25, 0.3) is 0 Å². The highest BCUT2D eigenvalue weighted by Gasteiger charge is 2.19. The molecule has 1 fully saturated rings. The molecule has 1 atom stereocenters. The number of thioether (sulfide) groups is 1. The lowest BCUT2D eigenvalue weighted by Crippen LogP contribution is -2.46. The number of nitrogens with zero attached hydrogens (tertiary/aromatic N) is 2. The van der Waals surface area contributed by atoms with Crippen LogP contribution in [-0.4, -0.2) is 61.6 Å². The third-order valence-corrected chi connectivity index (χ3v) is 4.98. The maximum absolute atomic E-state index is 4.67. The van der Waals surface area contributed by atoms with Crippen LogP contribution in [0.1, 0.15) is 52.4 Å². The van der Waals surface area contributed by atoms with E-state index in [4.69, 9.17) is 0 Å². The van der Waals surface area contributed by atoms with Gasteiger partial charge in [-0.25, -0.2) is 0 Å². The molecule has 2 N–H and O–H groups in total. The number of hydrogen-bond acceptors (Lipinski definition) is 3. The molecule has 1 aliphatic heterocycles. The second-order valence-corrected chi connectivity index (χ2v) is 6.97. The van der Waals surface area contributed by atoms with Crippen molar-refractivity contribution in [3.05, 3.63) is 0 Å². The SMILES string of the molecule is CCNC(=NCCCCSC)NCCN1CCCCC1CC. The van der Waals surface area contributed by atoms with Gasteiger partial charge in [0.2, 0.25) is 0 Å². The average molecular weight is 329 g/mol. The first-order chi connectivity index (χ1) is 10.8. The Bertz CT molecular complexity index is 296. The summed E-state index contributed by atoms with van der Waals surface area (Å²) in [7, 11) is 0. The van der Waals surface area contributed by atoms with Crippen LogP contribution in [0.5, 0.6) is 0 Å². The van der Waals surface area contributed by atoms with Gasteiger partial charge in [-0.3, -0.25) is 9.89 Å². The average Bonchev–Trinajstić information content (AvgIpc) is 2.55. The smallest absolute Gasteiger partial charge is 0.191 e. The van der Waals surface area contributed by atoms with Crippen LogP contribution in [0.15, 0.2) is 4.99 Å². The van der Waals surface area contributed by atoms with E-state index >= 15 is 0 Å². The van der Waals surface area contributed by atoms with Gasteiger partial charge >= 0.3 is 0 Å². The molecule has 0 saturated carbocycles. The Hall–Kier alpha value is -0.420. The van der Waals surface area contributed by atoms with Gasteiger partial charge in [0.05, 0.1) is 0 Å². The van der Waals surface area contributed by atoms with Gasteiger partial charge in [-0.05, 0) is 57.6 Å². The second-order valence-electron chi connectivity index (χ2n) is 5.98. The maximum Gasteiger partial charge on any atom is 0.191 e. The van der Waals surface area contributed by atoms with E-state index in [0.717, 1.165) is 38.2 Å². The number of guanidine groups is 1. The quantitative estimate of drug-likeness (QED) is 0.367. The van der Waals surface area contributed by atoms with Crippen LogP contribution in [0, 0.1) is 0 Å². The van der Waals surface area contributed by atoms with Crippen LogP contribution in [0.2, 0.25) is 0 Å². The molecular formula is C17H36N4S. The molecule has 0 spiro atoms. The summed E-state index contributed by atoms with van der Waals surface area (Å²) < 4.78 is 0. The van der Waals surface area contributed by atoms with E-state index in [0.29, 0.717) is 0 Å². The van der Waals surface area contributed by atoms with Crippen molar-refractivity contribution in [3.63, 3.8) is 0 Å². The van der Waals surface area contributed by atoms with Gasteiger partial charge in [0.15, 0.2) is 5.96 Å². The molecule has 22 heavy (non-hydrogen) atoms. The Morgan fingerprint density at radius 1 is 1.23 bits per heavy atom. The number of piperidine rings is 1. The second kappa shape index (κ2) is 13.1. The van der Waals surface area contributed by atoms with E-state index in [1.165, 1.54) is 50.8 Å². The molecule has 0 bridgehead atoms. The highest BCUT2D eigenvalue weighted by atomic mass is 32.2. The summed E-state index contributed by atoms with van der Waals surface area (Å²) in [5.74, 6) is 2.23. The van der Waals surface area contributed by atoms with Crippen molar-refractivity contribution >= 4 is 17.7 Å². The Balaban J connectivity index is 2.26. The van der Waals surface area contributed by atoms with Gasteiger partial charge < -0.3 is 10.6 Å². The Morgan fingerprint density at radius 3 is 2.82 bits per heavy atom. The molecule has 1 heterocycles. The molecule has 1 aliphatic rings. The van der Waals surface area contributed by atoms with E-state index in [1.54, 1.807) is 0 Å². The molecule has 0 amide bonds. The zero-order chi connectivity index (χ0) is 16.0. The van der Waals surface area contributed by atoms with Crippen LogP contribution in [-0.2, 0) is 0 Å². The summed E-state index contributed by atoms with van der Waals surface area (Å²) in [4.78, 5) is 7.33. The van der Waals surface area contributed by atoms with Gasteiger partial charge in [0.25, 0.3) is 0 Å². The molecule has 0 aromatic carbocycles. The van der Waals surface area contributed by atoms with Gasteiger partial charge in [0, 0.05) is 32.2 Å². The zero-order valence-corrected chi connectivity index (χ0v) is 15.7. The van der Waals surface area contributed by atoms with E-state index in [2.05, 4.69) is 40.6 Å². The zero-order valence-electron chi connectivity index (χ0n) is 14.9. The normalized spacial score (nSPS) is 20.1. The van der Waals surface area contributed by atoms with Crippen molar-refractivity contribution in [3.8, 4) is 0 Å². The molecule has 4 nitrogen and oxygen atoms in total. The molecule has 0 aliphatic carbocycles. The van der Waals surface area contributed by atoms with E-state index in [1.807, 2.05) is 11.8 Å². The largest absolute Gasteiger partial charge is 0.357 e. The Kier molecular flexibility index (Phi) is 11.6. The van der Waals surface area contributed by atoms with Crippen LogP contribution >= 0.6 is 11.8 Å².